The van der Waals surface area contributed by atoms with Crippen molar-refractivity contribution in [3.63, 3.8) is 0 Å². The number of benzene rings is 2. The van der Waals surface area contributed by atoms with Gasteiger partial charge >= 0.3 is 0 Å². The van der Waals surface area contributed by atoms with E-state index in [0.717, 1.165) is 74.8 Å². The fourth-order valence-electron chi connectivity index (χ4n) is 4.88. The Balaban J connectivity index is 1.30. The number of carbonyl (C=O) groups is 1. The Morgan fingerprint density at radius 3 is 2.54 bits per heavy atom. The minimum Gasteiger partial charge on any atom is -0.493 e. The van der Waals surface area contributed by atoms with E-state index >= 15 is 0 Å². The van der Waals surface area contributed by atoms with Gasteiger partial charge in [-0.25, -0.2) is 0 Å². The summed E-state index contributed by atoms with van der Waals surface area (Å²) >= 11 is 0. The van der Waals surface area contributed by atoms with Crippen LogP contribution in [0.25, 0.3) is 6.08 Å². The van der Waals surface area contributed by atoms with Crippen LogP contribution in [0.2, 0.25) is 0 Å². The molecule has 1 saturated heterocycles. The fourth-order valence-corrected chi connectivity index (χ4v) is 4.88. The Morgan fingerprint density at radius 2 is 1.77 bits per heavy atom. The highest BCUT2D eigenvalue weighted by Gasteiger charge is 2.33. The number of methoxy groups -OCH3 is 2. The lowest BCUT2D eigenvalue weighted by atomic mass is 10.00. The van der Waals surface area contributed by atoms with E-state index in [2.05, 4.69) is 9.80 Å². The quantitative estimate of drug-likeness (QED) is 0.558. The lowest BCUT2D eigenvalue weighted by Gasteiger charge is -2.31. The molecule has 0 aromatic heterocycles. The number of morpholine rings is 1. The fraction of sp³-hybridized carbons (Fsp3) is 0.444. The molecule has 3 aliphatic heterocycles. The van der Waals surface area contributed by atoms with Crippen LogP contribution < -0.4 is 18.9 Å². The van der Waals surface area contributed by atoms with Crippen LogP contribution in [0.3, 0.4) is 0 Å². The van der Waals surface area contributed by atoms with Gasteiger partial charge in [-0.3, -0.25) is 14.6 Å². The van der Waals surface area contributed by atoms with Gasteiger partial charge in [0, 0.05) is 37.3 Å². The molecular formula is C27H32N2O6. The summed E-state index contributed by atoms with van der Waals surface area (Å²) in [6, 6.07) is 7.43. The molecule has 8 heteroatoms. The van der Waals surface area contributed by atoms with Gasteiger partial charge in [-0.15, -0.1) is 0 Å². The number of ketones is 1. The molecule has 2 aromatic rings. The van der Waals surface area contributed by atoms with Crippen molar-refractivity contribution >= 4 is 11.9 Å². The molecule has 0 atom stereocenters. The third-order valence-corrected chi connectivity index (χ3v) is 6.76. The lowest BCUT2D eigenvalue weighted by Crippen LogP contribution is -2.39. The monoisotopic (exact) mass is 480 g/mol. The first-order valence-corrected chi connectivity index (χ1v) is 12.1. The summed E-state index contributed by atoms with van der Waals surface area (Å²) in [5.74, 6) is 2.81. The van der Waals surface area contributed by atoms with Gasteiger partial charge in [-0.1, -0.05) is 6.07 Å². The van der Waals surface area contributed by atoms with Crippen LogP contribution in [0, 0.1) is 6.92 Å². The van der Waals surface area contributed by atoms with Crippen LogP contribution in [0.5, 0.6) is 23.0 Å². The van der Waals surface area contributed by atoms with E-state index in [-0.39, 0.29) is 5.78 Å². The topological polar surface area (TPSA) is 69.7 Å². The predicted molar refractivity (Wildman–Crippen MR) is 131 cm³/mol. The Bertz CT molecular complexity index is 1140. The van der Waals surface area contributed by atoms with Crippen molar-refractivity contribution in [3.8, 4) is 23.0 Å². The average Bonchev–Trinajstić information content (AvgIpc) is 3.19. The van der Waals surface area contributed by atoms with Crippen LogP contribution in [-0.2, 0) is 11.3 Å². The SMILES string of the molecule is COc1ccc(C=C2Oc3c(cc4c(c3C)OCN(CCCN3CCOCC3)C4)C2=O)cc1OC. The molecule has 0 spiro atoms. The molecule has 35 heavy (non-hydrogen) atoms. The highest BCUT2D eigenvalue weighted by Crippen LogP contribution is 2.43. The molecule has 0 amide bonds. The van der Waals surface area contributed by atoms with E-state index in [4.69, 9.17) is 23.7 Å². The zero-order chi connectivity index (χ0) is 24.4. The smallest absolute Gasteiger partial charge is 0.231 e. The summed E-state index contributed by atoms with van der Waals surface area (Å²) in [4.78, 5) is 18.0. The van der Waals surface area contributed by atoms with E-state index in [9.17, 15) is 4.79 Å². The highest BCUT2D eigenvalue weighted by atomic mass is 16.5. The predicted octanol–water partition coefficient (Wildman–Crippen LogP) is 3.50. The molecule has 0 N–H and O–H groups in total. The maximum absolute atomic E-state index is 13.2. The molecule has 3 heterocycles. The Morgan fingerprint density at radius 1 is 1.00 bits per heavy atom. The number of rotatable bonds is 7. The molecule has 0 bridgehead atoms. The van der Waals surface area contributed by atoms with Crippen molar-refractivity contribution in [1.29, 1.82) is 0 Å². The van der Waals surface area contributed by atoms with Crippen molar-refractivity contribution in [1.82, 2.24) is 9.80 Å². The number of nitrogens with zero attached hydrogens (tertiary/aromatic N) is 2. The zero-order valence-electron chi connectivity index (χ0n) is 20.6. The van der Waals surface area contributed by atoms with Crippen LogP contribution in [0.1, 0.15) is 33.5 Å². The number of hydrogen-bond acceptors (Lipinski definition) is 8. The van der Waals surface area contributed by atoms with Gasteiger partial charge in [0.1, 0.15) is 18.2 Å². The van der Waals surface area contributed by atoms with E-state index in [1.807, 2.05) is 31.2 Å². The first kappa shape index (κ1) is 23.7. The molecule has 8 nitrogen and oxygen atoms in total. The normalized spacial score (nSPS) is 19.2. The maximum Gasteiger partial charge on any atom is 0.231 e. The number of allylic oxidation sites excluding steroid dienone is 1. The summed E-state index contributed by atoms with van der Waals surface area (Å²) in [6.07, 6.45) is 2.81. The molecule has 1 fully saturated rings. The molecular weight excluding hydrogens is 448 g/mol. The number of fused-ring (bicyclic) bond motifs is 2. The van der Waals surface area contributed by atoms with Gasteiger partial charge in [0.2, 0.25) is 5.78 Å². The van der Waals surface area contributed by atoms with Gasteiger partial charge in [0.05, 0.1) is 33.0 Å². The molecule has 0 radical (unpaired) electrons. The van der Waals surface area contributed by atoms with Gasteiger partial charge in [0.25, 0.3) is 0 Å². The summed E-state index contributed by atoms with van der Waals surface area (Å²) in [5, 5.41) is 0. The molecule has 2 aromatic carbocycles. The maximum atomic E-state index is 13.2. The second-order valence-electron chi connectivity index (χ2n) is 9.05. The van der Waals surface area contributed by atoms with Gasteiger partial charge in [-0.2, -0.15) is 0 Å². The van der Waals surface area contributed by atoms with E-state index in [1.54, 1.807) is 20.3 Å². The largest absolute Gasteiger partial charge is 0.493 e. The van der Waals surface area contributed by atoms with Gasteiger partial charge in [-0.05, 0) is 49.7 Å². The highest BCUT2D eigenvalue weighted by molar-refractivity contribution is 6.15. The van der Waals surface area contributed by atoms with Crippen LogP contribution >= 0.6 is 0 Å². The van der Waals surface area contributed by atoms with Crippen LogP contribution in [0.4, 0.5) is 0 Å². The lowest BCUT2D eigenvalue weighted by molar-refractivity contribution is 0.0329. The van der Waals surface area contributed by atoms with Gasteiger partial charge in [0.15, 0.2) is 17.3 Å². The average molecular weight is 481 g/mol. The molecule has 5 rings (SSSR count). The summed E-state index contributed by atoms with van der Waals surface area (Å²) in [6.45, 7) is 8.92. The van der Waals surface area contributed by atoms with Crippen molar-refractivity contribution in [2.75, 3.05) is 60.3 Å². The zero-order valence-corrected chi connectivity index (χ0v) is 20.6. The molecule has 3 aliphatic rings. The Kier molecular flexibility index (Phi) is 6.95. The van der Waals surface area contributed by atoms with Crippen LogP contribution in [0.15, 0.2) is 30.0 Å². The number of Topliss-reactive ketones (excluding diaryl/α,β-unsaturated/α-hetero) is 1. The second kappa shape index (κ2) is 10.3. The van der Waals surface area contributed by atoms with E-state index in [0.29, 0.717) is 35.3 Å². The molecule has 0 aliphatic carbocycles. The molecule has 0 unspecified atom stereocenters. The third kappa shape index (κ3) is 4.87. The van der Waals surface area contributed by atoms with Gasteiger partial charge < -0.3 is 23.7 Å². The minimum atomic E-state index is -0.120. The van der Waals surface area contributed by atoms with E-state index < -0.39 is 0 Å². The number of hydrogen-bond donors (Lipinski definition) is 0. The first-order chi connectivity index (χ1) is 17.1. The van der Waals surface area contributed by atoms with Crippen LogP contribution in [-0.4, -0.2) is 75.9 Å². The Labute approximate surface area is 206 Å². The van der Waals surface area contributed by atoms with Crippen molar-refractivity contribution in [2.24, 2.45) is 0 Å². The first-order valence-electron chi connectivity index (χ1n) is 12.1. The second-order valence-corrected chi connectivity index (χ2v) is 9.05. The van der Waals surface area contributed by atoms with Crippen molar-refractivity contribution in [2.45, 2.75) is 19.9 Å². The number of carbonyl (C=O) groups excluding carboxylic acids is 1. The minimum absolute atomic E-state index is 0.120. The third-order valence-electron chi connectivity index (χ3n) is 6.76. The summed E-state index contributed by atoms with van der Waals surface area (Å²) in [7, 11) is 3.18. The summed E-state index contributed by atoms with van der Waals surface area (Å²) in [5.41, 5.74) is 3.29. The number of ether oxygens (including phenoxy) is 5. The summed E-state index contributed by atoms with van der Waals surface area (Å²) < 4.78 is 28.3. The molecule has 186 valence electrons. The van der Waals surface area contributed by atoms with Crippen molar-refractivity contribution < 1.29 is 28.5 Å². The van der Waals surface area contributed by atoms with E-state index in [1.165, 1.54) is 0 Å². The standard InChI is InChI=1S/C27H32N2O6/c1-18-26-20(16-29(17-34-26)8-4-7-28-9-11-33-12-10-28)15-21-25(30)24(35-27(18)21)14-19-5-6-22(31-2)23(13-19)32-3/h5-6,13-15H,4,7-12,16-17H2,1-3H3. The molecule has 0 saturated carbocycles. The van der Waals surface area contributed by atoms with Crippen molar-refractivity contribution in [3.05, 3.63) is 52.3 Å². The Hall–Kier alpha value is -3.07.